The third-order valence-corrected chi connectivity index (χ3v) is 2.28. The Balaban J connectivity index is 3.37. The van der Waals surface area contributed by atoms with Crippen molar-refractivity contribution in [3.8, 4) is 0 Å². The number of likely N-dealkylation sites (N-methyl/N-ethyl adjacent to an activating group) is 1. The average molecular weight is 228 g/mol. The van der Waals surface area contributed by atoms with Gasteiger partial charge >= 0.3 is 0 Å². The molecule has 0 aromatic rings. The highest BCUT2D eigenvalue weighted by Crippen LogP contribution is 1.87. The first kappa shape index (κ1) is 15.1. The van der Waals surface area contributed by atoms with Crippen LogP contribution in [0.4, 0.5) is 0 Å². The van der Waals surface area contributed by atoms with Gasteiger partial charge in [-0.25, -0.2) is 0 Å². The lowest BCUT2D eigenvalue weighted by Gasteiger charge is -2.18. The summed E-state index contributed by atoms with van der Waals surface area (Å²) in [7, 11) is 0. The zero-order valence-corrected chi connectivity index (χ0v) is 10.5. The van der Waals surface area contributed by atoms with Crippen molar-refractivity contribution in [2.75, 3.05) is 39.4 Å². The molecule has 0 aliphatic heterocycles. The van der Waals surface area contributed by atoms with Crippen LogP contribution in [-0.2, 0) is 9.53 Å². The molecule has 0 saturated carbocycles. The number of carbonyl (C=O) groups excluding carboxylic acids is 1. The first-order chi connectivity index (χ1) is 7.76. The second-order valence-electron chi connectivity index (χ2n) is 3.43. The van der Waals surface area contributed by atoms with Crippen LogP contribution in [-0.4, -0.2) is 50.2 Å². The first-order valence-corrected chi connectivity index (χ1v) is 5.93. The van der Waals surface area contributed by atoms with Gasteiger partial charge in [0.2, 0.25) is 5.91 Å². The molecule has 0 aromatic carbocycles. The molecule has 1 amide bonds. The SMILES string of the molecule is C=CCCOCCNCC(=O)N(CC)CC. The Labute approximate surface area is 98.6 Å². The summed E-state index contributed by atoms with van der Waals surface area (Å²) in [5.74, 6) is 0.149. The fraction of sp³-hybridized carbons (Fsp3) is 0.750. The number of rotatable bonds is 10. The molecule has 0 saturated heterocycles. The summed E-state index contributed by atoms with van der Waals surface area (Å²) in [6.07, 6.45) is 2.70. The lowest BCUT2D eigenvalue weighted by atomic mass is 10.4. The van der Waals surface area contributed by atoms with Gasteiger partial charge < -0.3 is 15.0 Å². The molecule has 16 heavy (non-hydrogen) atoms. The van der Waals surface area contributed by atoms with E-state index in [2.05, 4.69) is 11.9 Å². The van der Waals surface area contributed by atoms with E-state index in [4.69, 9.17) is 4.74 Å². The minimum Gasteiger partial charge on any atom is -0.380 e. The Morgan fingerprint density at radius 2 is 2.06 bits per heavy atom. The average Bonchev–Trinajstić information content (AvgIpc) is 2.29. The van der Waals surface area contributed by atoms with E-state index >= 15 is 0 Å². The number of ether oxygens (including phenoxy) is 1. The van der Waals surface area contributed by atoms with Crippen molar-refractivity contribution in [3.05, 3.63) is 12.7 Å². The van der Waals surface area contributed by atoms with E-state index in [0.29, 0.717) is 26.3 Å². The predicted molar refractivity (Wildman–Crippen MR) is 66.4 cm³/mol. The summed E-state index contributed by atoms with van der Waals surface area (Å²) in [6, 6.07) is 0. The van der Waals surface area contributed by atoms with Gasteiger partial charge in [0.25, 0.3) is 0 Å². The number of hydrogen-bond acceptors (Lipinski definition) is 3. The zero-order valence-electron chi connectivity index (χ0n) is 10.5. The number of nitrogens with one attached hydrogen (secondary N) is 1. The molecule has 1 N–H and O–H groups in total. The maximum absolute atomic E-state index is 11.5. The molecule has 0 fully saturated rings. The molecule has 4 heteroatoms. The molecule has 4 nitrogen and oxygen atoms in total. The summed E-state index contributed by atoms with van der Waals surface area (Å²) in [6.45, 7) is 11.6. The second-order valence-corrected chi connectivity index (χ2v) is 3.43. The maximum atomic E-state index is 11.5. The molecule has 0 spiro atoms. The normalized spacial score (nSPS) is 10.1. The monoisotopic (exact) mass is 228 g/mol. The Morgan fingerprint density at radius 3 is 2.62 bits per heavy atom. The summed E-state index contributed by atoms with van der Waals surface area (Å²) in [5.41, 5.74) is 0. The van der Waals surface area contributed by atoms with Gasteiger partial charge in [0, 0.05) is 19.6 Å². The minimum atomic E-state index is 0.149. The van der Waals surface area contributed by atoms with Crippen LogP contribution in [0.25, 0.3) is 0 Å². The van der Waals surface area contributed by atoms with Crippen LogP contribution in [0.15, 0.2) is 12.7 Å². The predicted octanol–water partition coefficient (Wildman–Crippen LogP) is 1.04. The molecule has 0 unspecified atom stereocenters. The van der Waals surface area contributed by atoms with Crippen LogP contribution in [0.1, 0.15) is 20.3 Å². The van der Waals surface area contributed by atoms with E-state index in [9.17, 15) is 4.79 Å². The van der Waals surface area contributed by atoms with Crippen LogP contribution < -0.4 is 5.32 Å². The molecule has 94 valence electrons. The molecule has 0 bridgehead atoms. The Bertz CT molecular complexity index is 191. The standard InChI is InChI=1S/C12H24N2O2/c1-4-7-9-16-10-8-13-11-12(15)14(5-2)6-3/h4,13H,1,5-11H2,2-3H3. The van der Waals surface area contributed by atoms with Crippen molar-refractivity contribution < 1.29 is 9.53 Å². The Morgan fingerprint density at radius 1 is 1.38 bits per heavy atom. The zero-order chi connectivity index (χ0) is 12.2. The quantitative estimate of drug-likeness (QED) is 0.449. The fourth-order valence-corrected chi connectivity index (χ4v) is 1.30. The van der Waals surface area contributed by atoms with Gasteiger partial charge in [0.1, 0.15) is 0 Å². The lowest BCUT2D eigenvalue weighted by molar-refractivity contribution is -0.129. The van der Waals surface area contributed by atoms with Gasteiger partial charge in [-0.3, -0.25) is 4.79 Å². The molecule has 0 aliphatic carbocycles. The van der Waals surface area contributed by atoms with Crippen molar-refractivity contribution in [2.45, 2.75) is 20.3 Å². The van der Waals surface area contributed by atoms with Gasteiger partial charge in [-0.05, 0) is 20.3 Å². The van der Waals surface area contributed by atoms with Gasteiger partial charge in [-0.15, -0.1) is 6.58 Å². The molecule has 0 rings (SSSR count). The fourth-order valence-electron chi connectivity index (χ4n) is 1.30. The number of nitrogens with zero attached hydrogens (tertiary/aromatic N) is 1. The van der Waals surface area contributed by atoms with Gasteiger partial charge in [0.05, 0.1) is 19.8 Å². The minimum absolute atomic E-state index is 0.149. The Kier molecular flexibility index (Phi) is 10.1. The van der Waals surface area contributed by atoms with Crippen LogP contribution in [0.3, 0.4) is 0 Å². The van der Waals surface area contributed by atoms with Crippen LogP contribution in [0.2, 0.25) is 0 Å². The van der Waals surface area contributed by atoms with E-state index in [1.807, 2.05) is 24.8 Å². The van der Waals surface area contributed by atoms with Gasteiger partial charge in [0.15, 0.2) is 0 Å². The smallest absolute Gasteiger partial charge is 0.236 e. The summed E-state index contributed by atoms with van der Waals surface area (Å²) in [5, 5.41) is 3.07. The second kappa shape index (κ2) is 10.6. The van der Waals surface area contributed by atoms with E-state index in [1.165, 1.54) is 0 Å². The number of carbonyl (C=O) groups is 1. The molecule has 0 radical (unpaired) electrons. The Hall–Kier alpha value is -0.870. The molecule has 0 heterocycles. The number of amides is 1. The summed E-state index contributed by atoms with van der Waals surface area (Å²) in [4.78, 5) is 13.4. The lowest BCUT2D eigenvalue weighted by Crippen LogP contribution is -2.38. The van der Waals surface area contributed by atoms with E-state index < -0.39 is 0 Å². The van der Waals surface area contributed by atoms with Crippen molar-refractivity contribution in [3.63, 3.8) is 0 Å². The summed E-state index contributed by atoms with van der Waals surface area (Å²) >= 11 is 0. The van der Waals surface area contributed by atoms with E-state index in [0.717, 1.165) is 19.5 Å². The molecule has 0 aromatic heterocycles. The highest BCUT2D eigenvalue weighted by molar-refractivity contribution is 5.78. The van der Waals surface area contributed by atoms with E-state index in [-0.39, 0.29) is 5.91 Å². The molecule has 0 atom stereocenters. The first-order valence-electron chi connectivity index (χ1n) is 5.93. The van der Waals surface area contributed by atoms with Crippen LogP contribution in [0, 0.1) is 0 Å². The van der Waals surface area contributed by atoms with E-state index in [1.54, 1.807) is 0 Å². The van der Waals surface area contributed by atoms with Crippen molar-refractivity contribution in [2.24, 2.45) is 0 Å². The third kappa shape index (κ3) is 7.43. The topological polar surface area (TPSA) is 41.6 Å². The van der Waals surface area contributed by atoms with Crippen LogP contribution >= 0.6 is 0 Å². The largest absolute Gasteiger partial charge is 0.380 e. The van der Waals surface area contributed by atoms with Gasteiger partial charge in [-0.2, -0.15) is 0 Å². The molecule has 0 aliphatic rings. The van der Waals surface area contributed by atoms with Gasteiger partial charge in [-0.1, -0.05) is 6.08 Å². The van der Waals surface area contributed by atoms with Crippen molar-refractivity contribution in [1.29, 1.82) is 0 Å². The maximum Gasteiger partial charge on any atom is 0.236 e. The highest BCUT2D eigenvalue weighted by Gasteiger charge is 2.07. The molecular formula is C12H24N2O2. The van der Waals surface area contributed by atoms with Crippen molar-refractivity contribution >= 4 is 5.91 Å². The summed E-state index contributed by atoms with van der Waals surface area (Å²) < 4.78 is 5.31. The molecular weight excluding hydrogens is 204 g/mol. The number of hydrogen-bond donors (Lipinski definition) is 1. The van der Waals surface area contributed by atoms with Crippen LogP contribution in [0.5, 0.6) is 0 Å². The third-order valence-electron chi connectivity index (χ3n) is 2.28. The highest BCUT2D eigenvalue weighted by atomic mass is 16.5. The van der Waals surface area contributed by atoms with Crippen molar-refractivity contribution in [1.82, 2.24) is 10.2 Å².